The molecule has 0 radical (unpaired) electrons. The Morgan fingerprint density at radius 3 is 2.94 bits per heavy atom. The fraction of sp³-hybridized carbons (Fsp3) is 0.733. The van der Waals surface area contributed by atoms with Crippen LogP contribution in [-0.4, -0.2) is 31.6 Å². The molecule has 1 aliphatic carbocycles. The van der Waals surface area contributed by atoms with Crippen LogP contribution in [0.4, 0.5) is 0 Å². The number of nitrogens with zero attached hydrogens (tertiary/aromatic N) is 1. The predicted molar refractivity (Wildman–Crippen MR) is 80.4 cm³/mol. The summed E-state index contributed by atoms with van der Waals surface area (Å²) < 4.78 is 0. The lowest BCUT2D eigenvalue weighted by atomic mass is 10.2. The third-order valence-corrected chi connectivity index (χ3v) is 4.67. The molecule has 2 rings (SSSR count). The summed E-state index contributed by atoms with van der Waals surface area (Å²) in [5.74, 6) is 0.746. The first-order chi connectivity index (χ1) is 8.65. The van der Waals surface area contributed by atoms with Gasteiger partial charge in [0.05, 0.1) is 0 Å². The molecule has 0 aromatic carbocycles. The zero-order valence-corrected chi connectivity index (χ0v) is 12.8. The van der Waals surface area contributed by atoms with E-state index in [1.54, 1.807) is 15.3 Å². The molecule has 0 fully saturated rings. The van der Waals surface area contributed by atoms with E-state index in [0.29, 0.717) is 0 Å². The van der Waals surface area contributed by atoms with Crippen LogP contribution in [0, 0.1) is 5.92 Å². The number of hydrogen-bond donors (Lipinski definition) is 1. The number of nitrogens with one attached hydrogen (secondary N) is 1. The molecule has 1 N–H and O–H groups in total. The van der Waals surface area contributed by atoms with Gasteiger partial charge in [0.25, 0.3) is 0 Å². The van der Waals surface area contributed by atoms with Crippen LogP contribution in [0.3, 0.4) is 0 Å². The van der Waals surface area contributed by atoms with E-state index in [1.807, 2.05) is 11.3 Å². The minimum atomic E-state index is 0.746. The molecule has 102 valence electrons. The Morgan fingerprint density at radius 2 is 2.22 bits per heavy atom. The molecule has 0 bridgehead atoms. The lowest BCUT2D eigenvalue weighted by Crippen LogP contribution is -2.30. The second-order valence-corrected chi connectivity index (χ2v) is 7.07. The van der Waals surface area contributed by atoms with Gasteiger partial charge >= 0.3 is 0 Å². The zero-order valence-electron chi connectivity index (χ0n) is 12.0. The smallest absolute Gasteiger partial charge is 0.0325 e. The van der Waals surface area contributed by atoms with Crippen LogP contribution >= 0.6 is 11.3 Å². The third-order valence-electron chi connectivity index (χ3n) is 3.45. The summed E-state index contributed by atoms with van der Waals surface area (Å²) in [6, 6.07) is 2.44. The maximum atomic E-state index is 3.50. The molecule has 0 unspecified atom stereocenters. The van der Waals surface area contributed by atoms with Crippen LogP contribution in [0.1, 0.15) is 35.6 Å². The lowest BCUT2D eigenvalue weighted by Gasteiger charge is -2.16. The van der Waals surface area contributed by atoms with Gasteiger partial charge in [0, 0.05) is 29.4 Å². The summed E-state index contributed by atoms with van der Waals surface area (Å²) in [6.45, 7) is 8.98. The molecule has 0 spiro atoms. The molecule has 3 heteroatoms. The molecule has 0 saturated heterocycles. The van der Waals surface area contributed by atoms with Gasteiger partial charge in [0.15, 0.2) is 0 Å². The van der Waals surface area contributed by atoms with Crippen molar-refractivity contribution in [3.63, 3.8) is 0 Å². The summed E-state index contributed by atoms with van der Waals surface area (Å²) >= 11 is 2.03. The predicted octanol–water partition coefficient (Wildman–Crippen LogP) is 2.91. The van der Waals surface area contributed by atoms with Gasteiger partial charge in [0.2, 0.25) is 0 Å². The summed E-state index contributed by atoms with van der Waals surface area (Å²) in [5, 5.41) is 3.50. The number of fused-ring (bicyclic) bond motifs is 1. The molecule has 1 aromatic rings. The number of likely N-dealkylation sites (N-methyl/N-ethyl adjacent to an activating group) is 1. The van der Waals surface area contributed by atoms with Crippen molar-refractivity contribution in [2.75, 3.05) is 26.7 Å². The maximum absolute atomic E-state index is 3.50. The summed E-state index contributed by atoms with van der Waals surface area (Å²) in [7, 11) is 2.22. The Morgan fingerprint density at radius 1 is 1.39 bits per heavy atom. The van der Waals surface area contributed by atoms with E-state index >= 15 is 0 Å². The molecule has 18 heavy (non-hydrogen) atoms. The topological polar surface area (TPSA) is 15.3 Å². The van der Waals surface area contributed by atoms with Gasteiger partial charge in [-0.1, -0.05) is 13.8 Å². The third kappa shape index (κ3) is 4.08. The first kappa shape index (κ1) is 14.0. The number of hydrogen-bond acceptors (Lipinski definition) is 3. The minimum absolute atomic E-state index is 0.746. The molecular weight excluding hydrogens is 240 g/mol. The first-order valence-electron chi connectivity index (χ1n) is 7.15. The SMILES string of the molecule is CC(C)CNCCN(C)Cc1cc2c(s1)CCC2. The number of thiophene rings is 1. The summed E-state index contributed by atoms with van der Waals surface area (Å²) in [4.78, 5) is 5.62. The molecule has 1 aromatic heterocycles. The first-order valence-corrected chi connectivity index (χ1v) is 7.96. The van der Waals surface area contributed by atoms with Crippen LogP contribution in [-0.2, 0) is 19.4 Å². The second-order valence-electron chi connectivity index (χ2n) is 5.85. The summed E-state index contributed by atoms with van der Waals surface area (Å²) in [6.07, 6.45) is 4.00. The average molecular weight is 266 g/mol. The molecule has 0 saturated carbocycles. The normalized spacial score (nSPS) is 14.7. The highest BCUT2D eigenvalue weighted by Gasteiger charge is 2.15. The van der Waals surface area contributed by atoms with E-state index in [4.69, 9.17) is 0 Å². The molecular formula is C15H26N2S. The van der Waals surface area contributed by atoms with Gasteiger partial charge in [-0.05, 0) is 50.4 Å². The molecule has 1 aliphatic rings. The van der Waals surface area contributed by atoms with Crippen LogP contribution in [0.2, 0.25) is 0 Å². The number of rotatable bonds is 7. The lowest BCUT2D eigenvalue weighted by molar-refractivity contribution is 0.324. The van der Waals surface area contributed by atoms with Crippen LogP contribution in [0.15, 0.2) is 6.07 Å². The minimum Gasteiger partial charge on any atom is -0.315 e. The van der Waals surface area contributed by atoms with Gasteiger partial charge < -0.3 is 10.2 Å². The van der Waals surface area contributed by atoms with Crippen molar-refractivity contribution in [3.05, 3.63) is 21.4 Å². The second kappa shape index (κ2) is 6.69. The Labute approximate surface area is 115 Å². The van der Waals surface area contributed by atoms with E-state index in [9.17, 15) is 0 Å². The van der Waals surface area contributed by atoms with E-state index in [0.717, 1.165) is 32.1 Å². The van der Waals surface area contributed by atoms with Gasteiger partial charge in [-0.3, -0.25) is 0 Å². The summed E-state index contributed by atoms with van der Waals surface area (Å²) in [5.41, 5.74) is 1.63. The van der Waals surface area contributed by atoms with Crippen molar-refractivity contribution in [2.45, 2.75) is 39.7 Å². The van der Waals surface area contributed by atoms with Gasteiger partial charge in [-0.15, -0.1) is 11.3 Å². The molecule has 0 atom stereocenters. The Hall–Kier alpha value is -0.380. The molecule has 1 heterocycles. The van der Waals surface area contributed by atoms with Crippen molar-refractivity contribution >= 4 is 11.3 Å². The van der Waals surface area contributed by atoms with E-state index in [-0.39, 0.29) is 0 Å². The van der Waals surface area contributed by atoms with E-state index in [1.165, 1.54) is 19.3 Å². The standard InChI is InChI=1S/C15H26N2S/c1-12(2)10-16-7-8-17(3)11-14-9-13-5-4-6-15(13)18-14/h9,12,16H,4-8,10-11H2,1-3H3. The van der Waals surface area contributed by atoms with E-state index in [2.05, 4.69) is 37.2 Å². The van der Waals surface area contributed by atoms with Crippen molar-refractivity contribution in [3.8, 4) is 0 Å². The Kier molecular flexibility index (Phi) is 5.22. The van der Waals surface area contributed by atoms with Crippen molar-refractivity contribution in [1.82, 2.24) is 10.2 Å². The van der Waals surface area contributed by atoms with Crippen molar-refractivity contribution in [2.24, 2.45) is 5.92 Å². The monoisotopic (exact) mass is 266 g/mol. The van der Waals surface area contributed by atoms with Crippen LogP contribution in [0.5, 0.6) is 0 Å². The fourth-order valence-electron chi connectivity index (χ4n) is 2.47. The van der Waals surface area contributed by atoms with Gasteiger partial charge in [-0.2, -0.15) is 0 Å². The van der Waals surface area contributed by atoms with Crippen LogP contribution in [0.25, 0.3) is 0 Å². The Balaban J connectivity index is 1.68. The largest absolute Gasteiger partial charge is 0.315 e. The Bertz CT molecular complexity index is 349. The maximum Gasteiger partial charge on any atom is 0.0325 e. The van der Waals surface area contributed by atoms with E-state index < -0.39 is 0 Å². The van der Waals surface area contributed by atoms with Crippen molar-refractivity contribution in [1.29, 1.82) is 0 Å². The van der Waals surface area contributed by atoms with Crippen LogP contribution < -0.4 is 5.32 Å². The molecule has 0 aliphatic heterocycles. The average Bonchev–Trinajstić information content (AvgIpc) is 2.84. The van der Waals surface area contributed by atoms with Crippen molar-refractivity contribution < 1.29 is 0 Å². The zero-order chi connectivity index (χ0) is 13.0. The molecule has 0 amide bonds. The highest BCUT2D eigenvalue weighted by molar-refractivity contribution is 7.12. The molecule has 2 nitrogen and oxygen atoms in total. The quantitative estimate of drug-likeness (QED) is 0.763. The number of aryl methyl sites for hydroxylation is 2. The fourth-order valence-corrected chi connectivity index (χ4v) is 3.82. The van der Waals surface area contributed by atoms with Gasteiger partial charge in [0.1, 0.15) is 0 Å². The highest BCUT2D eigenvalue weighted by atomic mass is 32.1. The highest BCUT2D eigenvalue weighted by Crippen LogP contribution is 2.30. The van der Waals surface area contributed by atoms with Gasteiger partial charge in [-0.25, -0.2) is 0 Å².